The maximum atomic E-state index is 11.7. The Hall–Kier alpha value is -1.97. The van der Waals surface area contributed by atoms with Gasteiger partial charge >= 0.3 is 0 Å². The van der Waals surface area contributed by atoms with Crippen LogP contribution in [0.25, 0.3) is 27.5 Å². The molecule has 0 unspecified atom stereocenters. The van der Waals surface area contributed by atoms with E-state index in [0.717, 1.165) is 0 Å². The van der Waals surface area contributed by atoms with Crippen molar-refractivity contribution in [1.29, 1.82) is 0 Å². The SMILES string of the molecule is Nc1ccccc1-n1nc2cc(S(=O)(=O)O)c3ccccc3c2n1.[Na]. The monoisotopic (exact) mass is 363 g/mol. The van der Waals surface area contributed by atoms with Crippen molar-refractivity contribution >= 4 is 67.2 Å². The first-order valence-electron chi connectivity index (χ1n) is 7.06. The molecule has 1 heterocycles. The molecule has 121 valence electrons. The van der Waals surface area contributed by atoms with Gasteiger partial charge in [0.2, 0.25) is 0 Å². The minimum absolute atomic E-state index is 0. The largest absolute Gasteiger partial charge is 0.397 e. The fourth-order valence-electron chi connectivity index (χ4n) is 2.70. The topological polar surface area (TPSA) is 111 Å². The molecule has 1 aromatic heterocycles. The number of fused-ring (bicyclic) bond motifs is 3. The van der Waals surface area contributed by atoms with E-state index in [9.17, 15) is 13.0 Å². The van der Waals surface area contributed by atoms with Crippen LogP contribution in [0.1, 0.15) is 0 Å². The van der Waals surface area contributed by atoms with Crippen LogP contribution in [0.5, 0.6) is 0 Å². The van der Waals surface area contributed by atoms with Crippen LogP contribution in [-0.2, 0) is 10.1 Å². The van der Waals surface area contributed by atoms with Crippen molar-refractivity contribution in [2.75, 3.05) is 5.73 Å². The number of anilines is 1. The summed E-state index contributed by atoms with van der Waals surface area (Å²) in [4.78, 5) is 1.17. The molecule has 3 N–H and O–H groups in total. The van der Waals surface area contributed by atoms with Crippen LogP contribution in [0.2, 0.25) is 0 Å². The summed E-state index contributed by atoms with van der Waals surface area (Å²) in [5.74, 6) is 0. The Morgan fingerprint density at radius 3 is 2.28 bits per heavy atom. The predicted octanol–water partition coefficient (Wildman–Crippen LogP) is 2.02. The van der Waals surface area contributed by atoms with Crippen LogP contribution in [0, 0.1) is 0 Å². The summed E-state index contributed by atoms with van der Waals surface area (Å²) in [6, 6.07) is 15.2. The minimum Gasteiger partial charge on any atom is -0.397 e. The number of benzene rings is 3. The van der Waals surface area contributed by atoms with E-state index < -0.39 is 10.1 Å². The first-order chi connectivity index (χ1) is 11.4. The van der Waals surface area contributed by atoms with E-state index in [1.165, 1.54) is 10.9 Å². The van der Waals surface area contributed by atoms with E-state index in [1.807, 2.05) is 0 Å². The van der Waals surface area contributed by atoms with Crippen molar-refractivity contribution in [2.24, 2.45) is 0 Å². The van der Waals surface area contributed by atoms with Gasteiger partial charge in [-0.2, -0.15) is 8.42 Å². The van der Waals surface area contributed by atoms with E-state index in [1.54, 1.807) is 48.5 Å². The third-order valence-electron chi connectivity index (χ3n) is 3.79. The third kappa shape index (κ3) is 3.03. The van der Waals surface area contributed by atoms with Crippen molar-refractivity contribution < 1.29 is 13.0 Å². The van der Waals surface area contributed by atoms with Gasteiger partial charge in [-0.25, -0.2) is 0 Å². The van der Waals surface area contributed by atoms with E-state index in [4.69, 9.17) is 5.73 Å². The second kappa shape index (κ2) is 6.40. The third-order valence-corrected chi connectivity index (χ3v) is 4.68. The number of nitrogen functional groups attached to an aromatic ring is 1. The summed E-state index contributed by atoms with van der Waals surface area (Å²) >= 11 is 0. The summed E-state index contributed by atoms with van der Waals surface area (Å²) in [6.45, 7) is 0. The van der Waals surface area contributed by atoms with Crippen molar-refractivity contribution in [3.05, 3.63) is 54.6 Å². The van der Waals surface area contributed by atoms with Gasteiger partial charge in [0.25, 0.3) is 10.1 Å². The maximum Gasteiger partial charge on any atom is 0.295 e. The van der Waals surface area contributed by atoms with Gasteiger partial charge < -0.3 is 5.73 Å². The Morgan fingerprint density at radius 1 is 0.960 bits per heavy atom. The zero-order chi connectivity index (χ0) is 16.9. The first-order valence-corrected chi connectivity index (χ1v) is 8.50. The Morgan fingerprint density at radius 2 is 1.60 bits per heavy atom. The molecule has 0 bridgehead atoms. The van der Waals surface area contributed by atoms with Crippen molar-refractivity contribution in [2.45, 2.75) is 4.90 Å². The van der Waals surface area contributed by atoms with Gasteiger partial charge in [0, 0.05) is 40.3 Å². The van der Waals surface area contributed by atoms with E-state index in [0.29, 0.717) is 33.2 Å². The van der Waals surface area contributed by atoms with Crippen LogP contribution < -0.4 is 5.73 Å². The Labute approximate surface area is 165 Å². The number of hydrogen-bond acceptors (Lipinski definition) is 5. The van der Waals surface area contributed by atoms with Crippen molar-refractivity contribution in [3.8, 4) is 5.69 Å². The summed E-state index contributed by atoms with van der Waals surface area (Å²) in [5, 5.41) is 9.74. The van der Waals surface area contributed by atoms with Crippen LogP contribution in [0.4, 0.5) is 5.69 Å². The molecule has 4 aromatic rings. The van der Waals surface area contributed by atoms with Gasteiger partial charge in [0.15, 0.2) is 0 Å². The molecule has 1 radical (unpaired) electrons. The Kier molecular flexibility index (Phi) is 4.56. The molecule has 25 heavy (non-hydrogen) atoms. The number of nitrogens with two attached hydrogens (primary N) is 1. The molecule has 0 fully saturated rings. The van der Waals surface area contributed by atoms with Gasteiger partial charge in [-0.3, -0.25) is 4.55 Å². The minimum atomic E-state index is -4.39. The van der Waals surface area contributed by atoms with E-state index in [-0.39, 0.29) is 34.5 Å². The second-order valence-corrected chi connectivity index (χ2v) is 6.70. The predicted molar refractivity (Wildman–Crippen MR) is 96.4 cm³/mol. The quantitative estimate of drug-likeness (QED) is 0.320. The summed E-state index contributed by atoms with van der Waals surface area (Å²) in [5.41, 5.74) is 7.92. The molecular weight excluding hydrogens is 351 g/mol. The van der Waals surface area contributed by atoms with Gasteiger partial charge in [-0.1, -0.05) is 36.4 Å². The second-order valence-electron chi connectivity index (χ2n) is 5.31. The fourth-order valence-corrected chi connectivity index (χ4v) is 3.42. The van der Waals surface area contributed by atoms with E-state index in [2.05, 4.69) is 10.2 Å². The molecule has 0 saturated heterocycles. The summed E-state index contributed by atoms with van der Waals surface area (Å²) < 4.78 is 32.9. The molecule has 7 nitrogen and oxygen atoms in total. The summed E-state index contributed by atoms with van der Waals surface area (Å²) in [7, 11) is -4.39. The first kappa shape index (κ1) is 17.8. The number of aromatic nitrogens is 3. The normalized spacial score (nSPS) is 11.6. The molecule has 0 aliphatic heterocycles. The van der Waals surface area contributed by atoms with Crippen LogP contribution in [0.3, 0.4) is 0 Å². The standard InChI is InChI=1S/C16H12N4O3S.Na/c17-12-7-3-4-8-14(12)20-18-13-9-15(24(21,22)23)10-5-1-2-6-11(10)16(13)19-20;/h1-9H,17H2,(H,21,22,23);. The molecular formula is C16H12N4NaO3S. The molecule has 0 saturated carbocycles. The van der Waals surface area contributed by atoms with Crippen LogP contribution in [0.15, 0.2) is 59.5 Å². The van der Waals surface area contributed by atoms with Crippen LogP contribution in [-0.4, -0.2) is 57.5 Å². The zero-order valence-corrected chi connectivity index (χ0v) is 16.1. The Balaban J connectivity index is 0.00000182. The zero-order valence-electron chi connectivity index (χ0n) is 13.3. The van der Waals surface area contributed by atoms with Gasteiger partial charge in [-0.15, -0.1) is 15.0 Å². The van der Waals surface area contributed by atoms with Gasteiger partial charge in [0.05, 0.1) is 5.69 Å². The molecule has 0 aliphatic rings. The molecule has 9 heteroatoms. The average molecular weight is 363 g/mol. The molecule has 3 aromatic carbocycles. The van der Waals surface area contributed by atoms with Crippen LogP contribution >= 0.6 is 0 Å². The number of rotatable bonds is 2. The number of hydrogen-bond donors (Lipinski definition) is 2. The molecule has 0 aliphatic carbocycles. The smallest absolute Gasteiger partial charge is 0.295 e. The molecule has 4 rings (SSSR count). The van der Waals surface area contributed by atoms with Crippen molar-refractivity contribution in [1.82, 2.24) is 15.0 Å². The molecule has 0 spiro atoms. The van der Waals surface area contributed by atoms with E-state index >= 15 is 0 Å². The van der Waals surface area contributed by atoms with Crippen molar-refractivity contribution in [3.63, 3.8) is 0 Å². The Bertz CT molecular complexity index is 1200. The molecule has 0 atom stereocenters. The fraction of sp³-hybridized carbons (Fsp3) is 0. The van der Waals surface area contributed by atoms with Gasteiger partial charge in [0.1, 0.15) is 21.6 Å². The number of para-hydroxylation sites is 2. The number of nitrogens with zero attached hydrogens (tertiary/aromatic N) is 3. The average Bonchev–Trinajstić information content (AvgIpc) is 2.97. The summed E-state index contributed by atoms with van der Waals surface area (Å²) in [6.07, 6.45) is 0. The van der Waals surface area contributed by atoms with Gasteiger partial charge in [-0.05, 0) is 18.2 Å². The maximum absolute atomic E-state index is 11.7. The molecule has 0 amide bonds.